The van der Waals surface area contributed by atoms with Crippen LogP contribution >= 0.6 is 0 Å². The van der Waals surface area contributed by atoms with Crippen LogP contribution in [-0.4, -0.2) is 16.0 Å². The Labute approximate surface area is 141 Å². The summed E-state index contributed by atoms with van der Waals surface area (Å²) in [4.78, 5) is 10.8. The number of pyridine rings is 2. The lowest BCUT2D eigenvalue weighted by Gasteiger charge is -2.36. The number of rotatable bonds is 3. The maximum atomic E-state index is 14.1. The highest BCUT2D eigenvalue weighted by Crippen LogP contribution is 2.52. The predicted octanol–water partition coefficient (Wildman–Crippen LogP) is 4.38. The number of hydrogen-bond acceptors (Lipinski definition) is 3. The Morgan fingerprint density at radius 1 is 1.21 bits per heavy atom. The second-order valence-electron chi connectivity index (χ2n) is 6.59. The van der Waals surface area contributed by atoms with E-state index in [0.717, 1.165) is 12.0 Å². The van der Waals surface area contributed by atoms with Crippen LogP contribution in [0.2, 0.25) is 0 Å². The van der Waals surface area contributed by atoms with Gasteiger partial charge in [0.1, 0.15) is 5.82 Å². The molecule has 1 unspecified atom stereocenters. The third kappa shape index (κ3) is 2.52. The Bertz CT molecular complexity index is 827. The second-order valence-corrected chi connectivity index (χ2v) is 6.59. The van der Waals surface area contributed by atoms with Gasteiger partial charge in [-0.1, -0.05) is 12.2 Å². The van der Waals surface area contributed by atoms with Crippen LogP contribution in [0.15, 0.2) is 60.7 Å². The van der Waals surface area contributed by atoms with Gasteiger partial charge in [0, 0.05) is 35.9 Å². The van der Waals surface area contributed by atoms with Crippen molar-refractivity contribution in [3.8, 4) is 0 Å². The van der Waals surface area contributed by atoms with Gasteiger partial charge >= 0.3 is 0 Å². The summed E-state index contributed by atoms with van der Waals surface area (Å²) < 4.78 is 14.1. The van der Waals surface area contributed by atoms with Crippen LogP contribution in [-0.2, 0) is 0 Å². The molecule has 0 N–H and O–H groups in total. The van der Waals surface area contributed by atoms with E-state index in [9.17, 15) is 4.39 Å². The van der Waals surface area contributed by atoms with E-state index in [1.807, 2.05) is 12.4 Å². The maximum Gasteiger partial charge on any atom is 0.144 e. The number of aromatic nitrogens is 2. The van der Waals surface area contributed by atoms with E-state index in [-0.39, 0.29) is 17.8 Å². The van der Waals surface area contributed by atoms with Crippen LogP contribution in [0.5, 0.6) is 0 Å². The van der Waals surface area contributed by atoms with Gasteiger partial charge in [-0.05, 0) is 56.0 Å². The molecule has 4 rings (SSSR count). The smallest absolute Gasteiger partial charge is 0.144 e. The van der Waals surface area contributed by atoms with Crippen LogP contribution < -0.4 is 4.90 Å². The first-order chi connectivity index (χ1) is 11.7. The molecule has 0 aromatic carbocycles. The summed E-state index contributed by atoms with van der Waals surface area (Å²) >= 11 is 0. The highest BCUT2D eigenvalue weighted by atomic mass is 19.1. The number of anilines is 1. The molecule has 1 fully saturated rings. The zero-order valence-corrected chi connectivity index (χ0v) is 13.9. The maximum absolute atomic E-state index is 14.1. The Kier molecular flexibility index (Phi) is 3.68. The molecule has 3 heterocycles. The van der Waals surface area contributed by atoms with Crippen LogP contribution in [0, 0.1) is 18.7 Å². The van der Waals surface area contributed by atoms with Crippen LogP contribution in [0.4, 0.5) is 10.1 Å². The lowest BCUT2D eigenvalue weighted by atomic mass is 10.0. The topological polar surface area (TPSA) is 29.0 Å². The van der Waals surface area contributed by atoms with Crippen molar-refractivity contribution < 1.29 is 4.39 Å². The van der Waals surface area contributed by atoms with E-state index in [4.69, 9.17) is 0 Å². The molecule has 2 aromatic rings. The number of hydrogen-bond donors (Lipinski definition) is 0. The Morgan fingerprint density at radius 3 is 2.88 bits per heavy atom. The first-order valence-corrected chi connectivity index (χ1v) is 8.32. The largest absolute Gasteiger partial charge is 0.338 e. The van der Waals surface area contributed by atoms with E-state index >= 15 is 0 Å². The minimum atomic E-state index is -0.191. The lowest BCUT2D eigenvalue weighted by Crippen LogP contribution is -2.36. The number of allylic oxidation sites excluding steroid dienone is 3. The average Bonchev–Trinajstić information content (AvgIpc) is 3.36. The van der Waals surface area contributed by atoms with Gasteiger partial charge < -0.3 is 4.90 Å². The zero-order valence-electron chi connectivity index (χ0n) is 13.9. The summed E-state index contributed by atoms with van der Waals surface area (Å²) in [5, 5.41) is 0. The Hall–Kier alpha value is -2.49. The van der Waals surface area contributed by atoms with E-state index in [1.54, 1.807) is 12.3 Å². The highest BCUT2D eigenvalue weighted by Gasteiger charge is 2.48. The van der Waals surface area contributed by atoms with E-state index < -0.39 is 0 Å². The summed E-state index contributed by atoms with van der Waals surface area (Å²) in [7, 11) is 0. The van der Waals surface area contributed by atoms with Gasteiger partial charge in [0.2, 0.25) is 0 Å². The number of aryl methyl sites for hydroxylation is 1. The van der Waals surface area contributed by atoms with Crippen molar-refractivity contribution in [3.63, 3.8) is 0 Å². The predicted molar refractivity (Wildman–Crippen MR) is 93.2 cm³/mol. The number of halogens is 1. The fraction of sp³-hybridized carbons (Fsp3) is 0.300. The molecule has 0 amide bonds. The first-order valence-electron chi connectivity index (χ1n) is 8.32. The molecule has 1 aliphatic carbocycles. The van der Waals surface area contributed by atoms with Gasteiger partial charge in [-0.3, -0.25) is 9.97 Å². The standard InChI is InChI=1S/C20H20FN3/c1-13-12-22-10-8-18(13)24-14(2)5-3-7-19(24)15-11-16(15)20-17(21)6-4-9-23-20/h3-10,12,15-16,19H,11H2,1-2H3/t15-,16-,19?/m0/s1. The van der Waals surface area contributed by atoms with Crippen molar-refractivity contribution in [1.29, 1.82) is 0 Å². The third-order valence-corrected chi connectivity index (χ3v) is 4.99. The summed E-state index contributed by atoms with van der Waals surface area (Å²) in [5.41, 5.74) is 4.12. The molecule has 122 valence electrons. The van der Waals surface area contributed by atoms with Crippen LogP contribution in [0.25, 0.3) is 0 Å². The quantitative estimate of drug-likeness (QED) is 0.840. The molecule has 3 nitrogen and oxygen atoms in total. The van der Waals surface area contributed by atoms with Gasteiger partial charge in [0.15, 0.2) is 0 Å². The van der Waals surface area contributed by atoms with Crippen molar-refractivity contribution in [2.75, 3.05) is 4.90 Å². The zero-order chi connectivity index (χ0) is 16.7. The fourth-order valence-electron chi connectivity index (χ4n) is 3.71. The van der Waals surface area contributed by atoms with Gasteiger partial charge in [-0.25, -0.2) is 4.39 Å². The van der Waals surface area contributed by atoms with Crippen molar-refractivity contribution in [1.82, 2.24) is 9.97 Å². The molecular weight excluding hydrogens is 301 g/mol. The molecule has 0 spiro atoms. The second kappa shape index (κ2) is 5.86. The van der Waals surface area contributed by atoms with Gasteiger partial charge in [-0.15, -0.1) is 0 Å². The molecular formula is C20H20FN3. The van der Waals surface area contributed by atoms with E-state index in [2.05, 4.69) is 53.0 Å². The molecule has 24 heavy (non-hydrogen) atoms. The molecule has 1 aliphatic heterocycles. The van der Waals surface area contributed by atoms with Gasteiger partial charge in [-0.2, -0.15) is 0 Å². The molecule has 4 heteroatoms. The van der Waals surface area contributed by atoms with E-state index in [0.29, 0.717) is 11.6 Å². The third-order valence-electron chi connectivity index (χ3n) is 4.99. The molecule has 2 aliphatic rings. The van der Waals surface area contributed by atoms with Crippen molar-refractivity contribution in [2.24, 2.45) is 5.92 Å². The molecule has 1 saturated carbocycles. The number of nitrogens with zero attached hydrogens (tertiary/aromatic N) is 3. The Balaban J connectivity index is 1.65. The SMILES string of the molecule is CC1=CC=CC([C@H]2C[C@@H]2c2ncccc2F)N1c1ccncc1C. The van der Waals surface area contributed by atoms with E-state index in [1.165, 1.54) is 17.5 Å². The molecule has 0 bridgehead atoms. The van der Waals surface area contributed by atoms with Crippen LogP contribution in [0.3, 0.4) is 0 Å². The minimum Gasteiger partial charge on any atom is -0.338 e. The monoisotopic (exact) mass is 321 g/mol. The van der Waals surface area contributed by atoms with Crippen molar-refractivity contribution >= 4 is 5.69 Å². The highest BCUT2D eigenvalue weighted by molar-refractivity contribution is 5.60. The summed E-state index contributed by atoms with van der Waals surface area (Å²) in [6.07, 6.45) is 12.8. The molecule has 3 atom stereocenters. The average molecular weight is 321 g/mol. The first kappa shape index (κ1) is 15.1. The summed E-state index contributed by atoms with van der Waals surface area (Å²) in [6, 6.07) is 5.43. The fourth-order valence-corrected chi connectivity index (χ4v) is 3.71. The molecule has 2 aromatic heterocycles. The van der Waals surface area contributed by atoms with Crippen molar-refractivity contribution in [2.45, 2.75) is 32.2 Å². The van der Waals surface area contributed by atoms with Gasteiger partial charge in [0.25, 0.3) is 0 Å². The summed E-state index contributed by atoms with van der Waals surface area (Å²) in [6.45, 7) is 4.20. The molecule has 0 saturated heterocycles. The van der Waals surface area contributed by atoms with Gasteiger partial charge in [0.05, 0.1) is 11.7 Å². The Morgan fingerprint density at radius 2 is 2.08 bits per heavy atom. The normalized spacial score (nSPS) is 25.5. The minimum absolute atomic E-state index is 0.191. The lowest BCUT2D eigenvalue weighted by molar-refractivity contribution is 0.581. The van der Waals surface area contributed by atoms with Crippen LogP contribution in [0.1, 0.15) is 30.5 Å². The van der Waals surface area contributed by atoms with Crippen molar-refractivity contribution in [3.05, 3.63) is 77.8 Å². The summed E-state index contributed by atoms with van der Waals surface area (Å²) in [5.74, 6) is 0.377. The molecule has 0 radical (unpaired) electrons.